The molecular formula is C22H17FN2O3S2. The smallest absolute Gasteiger partial charge is 0.262 e. The van der Waals surface area contributed by atoms with Gasteiger partial charge in [-0.1, -0.05) is 42.5 Å². The van der Waals surface area contributed by atoms with Crippen LogP contribution in [0, 0.1) is 5.82 Å². The van der Waals surface area contributed by atoms with Gasteiger partial charge in [0.25, 0.3) is 10.0 Å². The van der Waals surface area contributed by atoms with E-state index in [1.165, 1.54) is 19.2 Å². The minimum atomic E-state index is -3.93. The number of nitrogens with one attached hydrogen (secondary N) is 1. The fraction of sp³-hybridized carbons (Fsp3) is 0.0455. The molecule has 30 heavy (non-hydrogen) atoms. The van der Waals surface area contributed by atoms with Crippen LogP contribution >= 0.6 is 11.3 Å². The molecule has 4 aromatic rings. The van der Waals surface area contributed by atoms with Crippen molar-refractivity contribution in [2.24, 2.45) is 0 Å². The van der Waals surface area contributed by atoms with E-state index in [0.717, 1.165) is 27.9 Å². The van der Waals surface area contributed by atoms with Crippen LogP contribution in [-0.4, -0.2) is 20.5 Å². The standard InChI is InChI=1S/C22H17FN2O3S2/c1-28-21-12-11-18(13-19(21)23)30(26,27)25-17-9-7-15(8-10-17)20-14-29-22(24-20)16-5-3-2-4-6-16/h2-14,25H,1H3. The van der Waals surface area contributed by atoms with Crippen LogP contribution < -0.4 is 9.46 Å². The molecule has 1 N–H and O–H groups in total. The predicted octanol–water partition coefficient (Wildman–Crippen LogP) is 5.43. The van der Waals surface area contributed by atoms with Gasteiger partial charge in [-0.25, -0.2) is 17.8 Å². The molecule has 1 aromatic heterocycles. The van der Waals surface area contributed by atoms with E-state index in [0.29, 0.717) is 5.69 Å². The summed E-state index contributed by atoms with van der Waals surface area (Å²) in [5.74, 6) is -0.759. The average molecular weight is 441 g/mol. The number of halogens is 1. The van der Waals surface area contributed by atoms with Crippen LogP contribution in [0.3, 0.4) is 0 Å². The molecule has 0 amide bonds. The van der Waals surface area contributed by atoms with E-state index in [9.17, 15) is 12.8 Å². The van der Waals surface area contributed by atoms with Crippen molar-refractivity contribution >= 4 is 27.0 Å². The first-order valence-corrected chi connectivity index (χ1v) is 11.3. The molecule has 1 heterocycles. The molecule has 0 saturated heterocycles. The monoisotopic (exact) mass is 440 g/mol. The van der Waals surface area contributed by atoms with Crippen LogP contribution in [0.4, 0.5) is 10.1 Å². The normalized spacial score (nSPS) is 11.3. The number of methoxy groups -OCH3 is 1. The Bertz CT molecular complexity index is 1270. The summed E-state index contributed by atoms with van der Waals surface area (Å²) in [6.07, 6.45) is 0. The number of ether oxygens (including phenoxy) is 1. The second-order valence-corrected chi connectivity index (χ2v) is 8.92. The number of sulfonamides is 1. The summed E-state index contributed by atoms with van der Waals surface area (Å²) in [7, 11) is -2.61. The van der Waals surface area contributed by atoms with E-state index in [2.05, 4.69) is 9.71 Å². The zero-order valence-corrected chi connectivity index (χ0v) is 17.5. The highest BCUT2D eigenvalue weighted by molar-refractivity contribution is 7.92. The van der Waals surface area contributed by atoms with Gasteiger partial charge < -0.3 is 4.74 Å². The summed E-state index contributed by atoms with van der Waals surface area (Å²) in [6, 6.07) is 20.3. The molecule has 5 nitrogen and oxygen atoms in total. The van der Waals surface area contributed by atoms with Gasteiger partial charge >= 0.3 is 0 Å². The third-order valence-electron chi connectivity index (χ3n) is 4.39. The van der Waals surface area contributed by atoms with E-state index in [1.54, 1.807) is 35.6 Å². The number of anilines is 1. The van der Waals surface area contributed by atoms with E-state index in [-0.39, 0.29) is 10.6 Å². The zero-order chi connectivity index (χ0) is 21.1. The summed E-state index contributed by atoms with van der Waals surface area (Å²) in [4.78, 5) is 4.47. The van der Waals surface area contributed by atoms with Crippen LogP contribution in [0.25, 0.3) is 21.8 Å². The molecule has 3 aromatic carbocycles. The molecule has 0 aliphatic carbocycles. The Morgan fingerprint density at radius 2 is 1.70 bits per heavy atom. The fourth-order valence-electron chi connectivity index (χ4n) is 2.86. The molecule has 4 rings (SSSR count). The number of benzene rings is 3. The first-order chi connectivity index (χ1) is 14.5. The minimum Gasteiger partial charge on any atom is -0.494 e. The Labute approximate surface area is 177 Å². The van der Waals surface area contributed by atoms with E-state index < -0.39 is 15.8 Å². The number of hydrogen-bond acceptors (Lipinski definition) is 5. The van der Waals surface area contributed by atoms with Gasteiger partial charge in [0.2, 0.25) is 0 Å². The Kier molecular flexibility index (Phi) is 5.52. The van der Waals surface area contributed by atoms with Gasteiger partial charge in [-0.2, -0.15) is 0 Å². The summed E-state index contributed by atoms with van der Waals surface area (Å²) >= 11 is 1.54. The van der Waals surface area contributed by atoms with E-state index in [1.807, 2.05) is 35.7 Å². The lowest BCUT2D eigenvalue weighted by molar-refractivity contribution is 0.385. The molecule has 0 bridgehead atoms. The first kappa shape index (κ1) is 20.1. The molecule has 0 spiro atoms. The zero-order valence-electron chi connectivity index (χ0n) is 15.9. The number of hydrogen-bond donors (Lipinski definition) is 1. The van der Waals surface area contributed by atoms with Crippen LogP contribution in [0.2, 0.25) is 0 Å². The SMILES string of the molecule is COc1ccc(S(=O)(=O)Nc2ccc(-c3csc(-c4ccccc4)n3)cc2)cc1F. The van der Waals surface area contributed by atoms with E-state index >= 15 is 0 Å². The van der Waals surface area contributed by atoms with Gasteiger partial charge in [-0.3, -0.25) is 4.72 Å². The molecule has 0 aliphatic rings. The van der Waals surface area contributed by atoms with Crippen molar-refractivity contribution < 1.29 is 17.5 Å². The van der Waals surface area contributed by atoms with Crippen molar-refractivity contribution in [3.8, 4) is 27.6 Å². The highest BCUT2D eigenvalue weighted by Gasteiger charge is 2.17. The number of aromatic nitrogens is 1. The maximum Gasteiger partial charge on any atom is 0.262 e. The highest BCUT2D eigenvalue weighted by Crippen LogP contribution is 2.30. The van der Waals surface area contributed by atoms with Gasteiger partial charge in [0.05, 0.1) is 17.7 Å². The van der Waals surface area contributed by atoms with Gasteiger partial charge in [0.15, 0.2) is 11.6 Å². The minimum absolute atomic E-state index is 0.0172. The second kappa shape index (κ2) is 8.25. The van der Waals surface area contributed by atoms with Crippen molar-refractivity contribution in [3.05, 3.63) is 84.0 Å². The molecule has 0 aliphatic heterocycles. The maximum atomic E-state index is 13.9. The lowest BCUT2D eigenvalue weighted by Gasteiger charge is -2.10. The molecular weight excluding hydrogens is 423 g/mol. The number of nitrogens with zero attached hydrogens (tertiary/aromatic N) is 1. The van der Waals surface area contributed by atoms with Crippen molar-refractivity contribution in [1.82, 2.24) is 4.98 Å². The molecule has 0 saturated carbocycles. The number of rotatable bonds is 6. The third kappa shape index (κ3) is 4.19. The average Bonchev–Trinajstić information content (AvgIpc) is 3.25. The van der Waals surface area contributed by atoms with Crippen LogP contribution in [-0.2, 0) is 10.0 Å². The Morgan fingerprint density at radius 1 is 0.967 bits per heavy atom. The van der Waals surface area contributed by atoms with Crippen LogP contribution in [0.5, 0.6) is 5.75 Å². The summed E-state index contributed by atoms with van der Waals surface area (Å²) < 4.78 is 46.2. The first-order valence-electron chi connectivity index (χ1n) is 8.94. The second-order valence-electron chi connectivity index (χ2n) is 6.38. The maximum absolute atomic E-state index is 13.9. The largest absolute Gasteiger partial charge is 0.494 e. The van der Waals surface area contributed by atoms with Crippen molar-refractivity contribution in [2.45, 2.75) is 4.90 Å². The Balaban J connectivity index is 1.53. The predicted molar refractivity (Wildman–Crippen MR) is 117 cm³/mol. The summed E-state index contributed by atoms with van der Waals surface area (Å²) in [5, 5.41) is 2.87. The summed E-state index contributed by atoms with van der Waals surface area (Å²) in [5.41, 5.74) is 3.09. The molecule has 0 radical (unpaired) electrons. The van der Waals surface area contributed by atoms with Crippen molar-refractivity contribution in [3.63, 3.8) is 0 Å². The van der Waals surface area contributed by atoms with Gasteiger partial charge in [0, 0.05) is 22.2 Å². The molecule has 0 fully saturated rings. The molecule has 0 unspecified atom stereocenters. The summed E-state index contributed by atoms with van der Waals surface area (Å²) in [6.45, 7) is 0. The van der Waals surface area contributed by atoms with Crippen molar-refractivity contribution in [1.29, 1.82) is 0 Å². The fourth-order valence-corrected chi connectivity index (χ4v) is 4.76. The number of thiazole rings is 1. The Morgan fingerprint density at radius 3 is 2.37 bits per heavy atom. The third-order valence-corrected chi connectivity index (χ3v) is 6.66. The lowest BCUT2D eigenvalue weighted by Crippen LogP contribution is -2.13. The van der Waals surface area contributed by atoms with Crippen molar-refractivity contribution in [2.75, 3.05) is 11.8 Å². The van der Waals surface area contributed by atoms with Crippen LogP contribution in [0.1, 0.15) is 0 Å². The van der Waals surface area contributed by atoms with E-state index in [4.69, 9.17) is 4.74 Å². The van der Waals surface area contributed by atoms with Gasteiger partial charge in [-0.05, 0) is 30.3 Å². The lowest BCUT2D eigenvalue weighted by atomic mass is 10.1. The van der Waals surface area contributed by atoms with Gasteiger partial charge in [-0.15, -0.1) is 11.3 Å². The molecule has 152 valence electrons. The highest BCUT2D eigenvalue weighted by atomic mass is 32.2. The topological polar surface area (TPSA) is 68.3 Å². The van der Waals surface area contributed by atoms with Crippen LogP contribution in [0.15, 0.2) is 83.1 Å². The van der Waals surface area contributed by atoms with Gasteiger partial charge in [0.1, 0.15) is 5.01 Å². The Hall–Kier alpha value is -3.23. The quantitative estimate of drug-likeness (QED) is 0.434. The molecule has 8 heteroatoms. The molecule has 0 atom stereocenters.